The number of aromatic nitrogens is 1. The number of hydrogen-bond donors (Lipinski definition) is 1. The summed E-state index contributed by atoms with van der Waals surface area (Å²) < 4.78 is 25.6. The molecular formula is C23H25ClN4O3S. The largest absolute Gasteiger partial charge is 0.371 e. The molecular weight excluding hydrogens is 448 g/mol. The number of nitrogens with two attached hydrogens (primary N) is 1. The van der Waals surface area contributed by atoms with Crippen molar-refractivity contribution in [1.82, 2.24) is 9.99 Å². The van der Waals surface area contributed by atoms with Crippen molar-refractivity contribution in [2.45, 2.75) is 30.2 Å². The van der Waals surface area contributed by atoms with Gasteiger partial charge in [-0.2, -0.15) is 0 Å². The molecule has 1 aromatic heterocycles. The number of carbonyl (C=O) groups is 1. The van der Waals surface area contributed by atoms with E-state index in [0.29, 0.717) is 5.02 Å². The van der Waals surface area contributed by atoms with Crippen LogP contribution in [0.25, 0.3) is 10.8 Å². The minimum Gasteiger partial charge on any atom is -0.371 e. The lowest BCUT2D eigenvalue weighted by Gasteiger charge is -2.37. The maximum Gasteiger partial charge on any atom is 0.237 e. The van der Waals surface area contributed by atoms with Gasteiger partial charge >= 0.3 is 0 Å². The van der Waals surface area contributed by atoms with Crippen LogP contribution in [-0.2, 0) is 14.6 Å². The molecule has 7 nitrogen and oxygen atoms in total. The third-order valence-electron chi connectivity index (χ3n) is 5.89. The molecule has 2 aromatic carbocycles. The van der Waals surface area contributed by atoms with E-state index in [2.05, 4.69) is 9.88 Å². The second-order valence-electron chi connectivity index (χ2n) is 7.95. The first-order valence-corrected chi connectivity index (χ1v) is 12.5. The monoisotopic (exact) mass is 472 g/mol. The van der Waals surface area contributed by atoms with Gasteiger partial charge in [0.05, 0.1) is 16.7 Å². The fourth-order valence-electron chi connectivity index (χ4n) is 4.02. The van der Waals surface area contributed by atoms with Gasteiger partial charge in [-0.05, 0) is 60.0 Å². The summed E-state index contributed by atoms with van der Waals surface area (Å²) in [4.78, 5) is 19.1. The van der Waals surface area contributed by atoms with E-state index in [1.54, 1.807) is 48.8 Å². The van der Waals surface area contributed by atoms with Crippen molar-refractivity contribution in [2.75, 3.05) is 23.7 Å². The molecule has 168 valence electrons. The lowest BCUT2D eigenvalue weighted by molar-refractivity contribution is -0.133. The van der Waals surface area contributed by atoms with Gasteiger partial charge in [0.25, 0.3) is 0 Å². The lowest BCUT2D eigenvalue weighted by atomic mass is 10.0. The predicted octanol–water partition coefficient (Wildman–Crippen LogP) is 3.42. The molecule has 0 aliphatic carbocycles. The summed E-state index contributed by atoms with van der Waals surface area (Å²) in [5.41, 5.74) is 1.09. The van der Waals surface area contributed by atoms with Crippen LogP contribution in [0.5, 0.6) is 0 Å². The Morgan fingerprint density at radius 2 is 1.72 bits per heavy atom. The average molecular weight is 473 g/mol. The first-order chi connectivity index (χ1) is 15.3. The number of carbonyl (C=O) groups excluding carboxylic acids is 1. The van der Waals surface area contributed by atoms with E-state index in [4.69, 9.17) is 17.4 Å². The summed E-state index contributed by atoms with van der Waals surface area (Å²) in [5, 5.41) is 3.46. The number of piperidine rings is 1. The Kier molecular flexibility index (Phi) is 6.64. The zero-order valence-electron chi connectivity index (χ0n) is 17.5. The topological polar surface area (TPSA) is 96.6 Å². The number of rotatable bonds is 6. The van der Waals surface area contributed by atoms with Crippen LogP contribution < -0.4 is 10.7 Å². The second-order valence-corrected chi connectivity index (χ2v) is 10.5. The number of halogens is 1. The van der Waals surface area contributed by atoms with Crippen molar-refractivity contribution in [3.63, 3.8) is 0 Å². The molecule has 1 saturated heterocycles. The van der Waals surface area contributed by atoms with E-state index in [1.807, 2.05) is 12.1 Å². The van der Waals surface area contributed by atoms with Crippen molar-refractivity contribution < 1.29 is 13.2 Å². The molecule has 4 rings (SSSR count). The lowest BCUT2D eigenvalue weighted by Crippen LogP contribution is -2.51. The molecule has 1 aliphatic rings. The quantitative estimate of drug-likeness (QED) is 0.335. The number of anilines is 1. The Balaban J connectivity index is 1.34. The minimum absolute atomic E-state index is 0.103. The Morgan fingerprint density at radius 3 is 2.44 bits per heavy atom. The van der Waals surface area contributed by atoms with Crippen LogP contribution in [0.2, 0.25) is 5.02 Å². The van der Waals surface area contributed by atoms with Crippen LogP contribution in [0.1, 0.15) is 19.3 Å². The van der Waals surface area contributed by atoms with Gasteiger partial charge in [0, 0.05) is 42.6 Å². The summed E-state index contributed by atoms with van der Waals surface area (Å²) in [6, 6.07) is 14.0. The fraction of sp³-hybridized carbons (Fsp3) is 0.304. The third kappa shape index (κ3) is 5.03. The summed E-state index contributed by atoms with van der Waals surface area (Å²) in [6.45, 7) is 1.55. The first-order valence-electron chi connectivity index (χ1n) is 10.5. The SMILES string of the molecule is NN(C(=O)CCS(=O)(=O)c1ccc2cc(Cl)ccc2c1)C1CCN(c2ccncc2)CC1. The highest BCUT2D eigenvalue weighted by atomic mass is 35.5. The molecule has 9 heteroatoms. The van der Waals surface area contributed by atoms with Crippen LogP contribution in [0.15, 0.2) is 65.8 Å². The summed E-state index contributed by atoms with van der Waals surface area (Å²) in [5.74, 6) is 5.44. The molecule has 1 amide bonds. The van der Waals surface area contributed by atoms with Gasteiger partial charge < -0.3 is 4.90 Å². The van der Waals surface area contributed by atoms with E-state index >= 15 is 0 Å². The van der Waals surface area contributed by atoms with Crippen LogP contribution in [-0.4, -0.2) is 49.2 Å². The van der Waals surface area contributed by atoms with Gasteiger partial charge in [-0.25, -0.2) is 14.3 Å². The van der Waals surface area contributed by atoms with Gasteiger partial charge in [0.2, 0.25) is 5.91 Å². The van der Waals surface area contributed by atoms with Crippen molar-refractivity contribution in [3.8, 4) is 0 Å². The average Bonchev–Trinajstić information content (AvgIpc) is 2.82. The Labute approximate surface area is 192 Å². The number of sulfone groups is 1. The van der Waals surface area contributed by atoms with Gasteiger partial charge in [-0.15, -0.1) is 0 Å². The first kappa shape index (κ1) is 22.5. The van der Waals surface area contributed by atoms with Gasteiger partial charge in [0.1, 0.15) is 0 Å². The number of benzene rings is 2. The highest BCUT2D eigenvalue weighted by Gasteiger charge is 2.27. The minimum atomic E-state index is -3.62. The van der Waals surface area contributed by atoms with Crippen LogP contribution >= 0.6 is 11.6 Å². The molecule has 1 fully saturated rings. The summed E-state index contributed by atoms with van der Waals surface area (Å²) in [7, 11) is -3.62. The van der Waals surface area contributed by atoms with E-state index in [1.165, 1.54) is 5.01 Å². The smallest absolute Gasteiger partial charge is 0.237 e. The van der Waals surface area contributed by atoms with Gasteiger partial charge in [0.15, 0.2) is 9.84 Å². The van der Waals surface area contributed by atoms with Crippen molar-refractivity contribution in [1.29, 1.82) is 0 Å². The van der Waals surface area contributed by atoms with E-state index in [9.17, 15) is 13.2 Å². The number of pyridine rings is 1. The van der Waals surface area contributed by atoms with Crippen LogP contribution in [0.3, 0.4) is 0 Å². The Hall–Kier alpha value is -2.68. The Morgan fingerprint density at radius 1 is 1.06 bits per heavy atom. The molecule has 0 saturated carbocycles. The zero-order chi connectivity index (χ0) is 22.7. The van der Waals surface area contributed by atoms with Crippen molar-refractivity contribution >= 4 is 43.8 Å². The maximum absolute atomic E-state index is 12.8. The summed E-state index contributed by atoms with van der Waals surface area (Å²) >= 11 is 5.99. The number of hydrogen-bond acceptors (Lipinski definition) is 6. The molecule has 1 aliphatic heterocycles. The highest BCUT2D eigenvalue weighted by molar-refractivity contribution is 7.91. The molecule has 32 heavy (non-hydrogen) atoms. The predicted molar refractivity (Wildman–Crippen MR) is 126 cm³/mol. The van der Waals surface area contributed by atoms with Gasteiger partial charge in [-0.3, -0.25) is 14.8 Å². The number of amides is 1. The molecule has 0 radical (unpaired) electrons. The van der Waals surface area contributed by atoms with Crippen molar-refractivity contribution in [3.05, 3.63) is 65.9 Å². The van der Waals surface area contributed by atoms with Gasteiger partial charge in [-0.1, -0.05) is 23.7 Å². The van der Waals surface area contributed by atoms with Crippen LogP contribution in [0, 0.1) is 0 Å². The number of nitrogens with zero attached hydrogens (tertiary/aromatic N) is 3. The zero-order valence-corrected chi connectivity index (χ0v) is 19.1. The molecule has 0 atom stereocenters. The molecule has 0 spiro atoms. The molecule has 0 unspecified atom stereocenters. The third-order valence-corrected chi connectivity index (χ3v) is 7.84. The van der Waals surface area contributed by atoms with E-state index < -0.39 is 9.84 Å². The van der Waals surface area contributed by atoms with E-state index in [-0.39, 0.29) is 29.0 Å². The molecule has 2 N–H and O–H groups in total. The number of hydrazine groups is 1. The normalized spacial score (nSPS) is 15.1. The molecule has 2 heterocycles. The van der Waals surface area contributed by atoms with Crippen molar-refractivity contribution in [2.24, 2.45) is 5.84 Å². The molecule has 0 bridgehead atoms. The van der Waals surface area contributed by atoms with E-state index in [0.717, 1.165) is 42.4 Å². The fourth-order valence-corrected chi connectivity index (χ4v) is 5.46. The summed E-state index contributed by atoms with van der Waals surface area (Å²) in [6.07, 6.45) is 4.81. The maximum atomic E-state index is 12.8. The Bertz CT molecular complexity index is 1210. The number of fused-ring (bicyclic) bond motifs is 1. The molecule has 3 aromatic rings. The highest BCUT2D eigenvalue weighted by Crippen LogP contribution is 2.24. The second kappa shape index (κ2) is 9.44. The van der Waals surface area contributed by atoms with Crippen LogP contribution in [0.4, 0.5) is 5.69 Å². The standard InChI is InChI=1S/C23H25ClN4O3S/c24-19-3-1-18-16-22(4-2-17(18)15-19)32(30,31)14-9-23(29)28(25)21-7-12-27(13-8-21)20-5-10-26-11-6-20/h1-6,10-11,15-16,21H,7-9,12-14,25H2.